The number of nitrogens with one attached hydrogen (secondary N) is 1. The van der Waals surface area contributed by atoms with Crippen molar-refractivity contribution in [2.24, 2.45) is 17.3 Å². The van der Waals surface area contributed by atoms with Crippen LogP contribution in [0.25, 0.3) is 0 Å². The molecule has 0 aliphatic rings. The maximum atomic E-state index is 5.43. The highest BCUT2D eigenvalue weighted by molar-refractivity contribution is 4.80. The van der Waals surface area contributed by atoms with Gasteiger partial charge in [-0.1, -0.05) is 34.6 Å². The van der Waals surface area contributed by atoms with E-state index in [0.717, 1.165) is 32.2 Å². The molecule has 0 radical (unpaired) electrons. The zero-order chi connectivity index (χ0) is 13.3. The van der Waals surface area contributed by atoms with Crippen LogP contribution in [-0.4, -0.2) is 26.3 Å². The summed E-state index contributed by atoms with van der Waals surface area (Å²) in [6, 6.07) is 0. The van der Waals surface area contributed by atoms with Crippen molar-refractivity contribution < 1.29 is 4.74 Å². The predicted molar refractivity (Wildman–Crippen MR) is 76.4 cm³/mol. The van der Waals surface area contributed by atoms with Gasteiger partial charge in [0.05, 0.1) is 0 Å². The van der Waals surface area contributed by atoms with Crippen molar-refractivity contribution in [1.29, 1.82) is 0 Å². The molecule has 0 aliphatic carbocycles. The van der Waals surface area contributed by atoms with E-state index in [2.05, 4.69) is 46.9 Å². The Morgan fingerprint density at radius 3 is 2.29 bits per heavy atom. The number of rotatable bonds is 10. The van der Waals surface area contributed by atoms with Gasteiger partial charge in [-0.25, -0.2) is 0 Å². The van der Waals surface area contributed by atoms with Gasteiger partial charge in [-0.05, 0) is 43.6 Å². The highest BCUT2D eigenvalue weighted by atomic mass is 16.5. The summed E-state index contributed by atoms with van der Waals surface area (Å²) in [5, 5.41) is 3.61. The molecule has 17 heavy (non-hydrogen) atoms. The maximum Gasteiger partial charge on any atom is 0.0466 e. The molecule has 0 amide bonds. The van der Waals surface area contributed by atoms with Crippen molar-refractivity contribution in [3.63, 3.8) is 0 Å². The normalized spacial score (nSPS) is 15.5. The molecule has 0 bridgehead atoms. The average molecular weight is 243 g/mol. The minimum atomic E-state index is 0.395. The molecule has 104 valence electrons. The summed E-state index contributed by atoms with van der Waals surface area (Å²) in [6.07, 6.45) is 2.42. The van der Waals surface area contributed by atoms with Crippen LogP contribution in [-0.2, 0) is 4.74 Å². The third-order valence-corrected chi connectivity index (χ3v) is 3.72. The van der Waals surface area contributed by atoms with Crippen LogP contribution in [0, 0.1) is 17.3 Å². The molecule has 0 saturated heterocycles. The Morgan fingerprint density at radius 1 is 1.18 bits per heavy atom. The first-order valence-corrected chi connectivity index (χ1v) is 7.20. The van der Waals surface area contributed by atoms with Crippen LogP contribution < -0.4 is 5.32 Å². The molecular weight excluding hydrogens is 210 g/mol. The Hall–Kier alpha value is -0.0800. The van der Waals surface area contributed by atoms with E-state index in [-0.39, 0.29) is 0 Å². The summed E-state index contributed by atoms with van der Waals surface area (Å²) >= 11 is 0. The van der Waals surface area contributed by atoms with Crippen LogP contribution in [0.1, 0.15) is 54.4 Å². The van der Waals surface area contributed by atoms with Gasteiger partial charge in [-0.15, -0.1) is 0 Å². The summed E-state index contributed by atoms with van der Waals surface area (Å²) in [4.78, 5) is 0. The molecule has 0 aliphatic heterocycles. The fourth-order valence-electron chi connectivity index (χ4n) is 1.95. The van der Waals surface area contributed by atoms with Crippen molar-refractivity contribution in [3.8, 4) is 0 Å². The Balaban J connectivity index is 3.98. The van der Waals surface area contributed by atoms with Gasteiger partial charge in [0.15, 0.2) is 0 Å². The maximum absolute atomic E-state index is 5.43. The molecule has 0 aromatic rings. The van der Waals surface area contributed by atoms with Crippen LogP contribution in [0.2, 0.25) is 0 Å². The summed E-state index contributed by atoms with van der Waals surface area (Å²) in [5.74, 6) is 1.44. The number of hydrogen-bond donors (Lipinski definition) is 1. The second kappa shape index (κ2) is 8.93. The average Bonchev–Trinajstić information content (AvgIpc) is 2.23. The Kier molecular flexibility index (Phi) is 8.89. The molecule has 0 spiro atoms. The molecule has 0 rings (SSSR count). The van der Waals surface area contributed by atoms with E-state index in [4.69, 9.17) is 4.74 Å². The second-order valence-electron chi connectivity index (χ2n) is 6.13. The van der Waals surface area contributed by atoms with Crippen LogP contribution >= 0.6 is 0 Å². The first-order chi connectivity index (χ1) is 7.92. The van der Waals surface area contributed by atoms with Crippen molar-refractivity contribution in [2.75, 3.05) is 26.3 Å². The highest BCUT2D eigenvalue weighted by Crippen LogP contribution is 2.31. The van der Waals surface area contributed by atoms with Crippen molar-refractivity contribution in [3.05, 3.63) is 0 Å². The second-order valence-corrected chi connectivity index (χ2v) is 6.13. The highest BCUT2D eigenvalue weighted by Gasteiger charge is 2.27. The van der Waals surface area contributed by atoms with Crippen molar-refractivity contribution in [2.45, 2.75) is 54.4 Å². The lowest BCUT2D eigenvalue weighted by atomic mass is 9.75. The fourth-order valence-corrected chi connectivity index (χ4v) is 1.95. The lowest BCUT2D eigenvalue weighted by molar-refractivity contribution is 0.115. The van der Waals surface area contributed by atoms with Gasteiger partial charge in [0.2, 0.25) is 0 Å². The van der Waals surface area contributed by atoms with E-state index in [1.54, 1.807) is 0 Å². The quantitative estimate of drug-likeness (QED) is 0.591. The SMILES string of the molecule is CCOCCCC(C)(CNCC(C)C)C(C)C. The topological polar surface area (TPSA) is 21.3 Å². The van der Waals surface area contributed by atoms with Gasteiger partial charge in [-0.2, -0.15) is 0 Å². The van der Waals surface area contributed by atoms with Crippen molar-refractivity contribution >= 4 is 0 Å². The van der Waals surface area contributed by atoms with Crippen molar-refractivity contribution in [1.82, 2.24) is 5.32 Å². The lowest BCUT2D eigenvalue weighted by Gasteiger charge is -2.34. The van der Waals surface area contributed by atoms with Crippen LogP contribution in [0.15, 0.2) is 0 Å². The molecule has 0 aromatic heterocycles. The number of ether oxygens (including phenoxy) is 1. The van der Waals surface area contributed by atoms with Gasteiger partial charge >= 0.3 is 0 Å². The molecule has 1 atom stereocenters. The summed E-state index contributed by atoms with van der Waals surface area (Å²) in [6.45, 7) is 17.6. The van der Waals surface area contributed by atoms with E-state index >= 15 is 0 Å². The first kappa shape index (κ1) is 16.9. The first-order valence-electron chi connectivity index (χ1n) is 7.20. The van der Waals surface area contributed by atoms with Crippen LogP contribution in [0.4, 0.5) is 0 Å². The summed E-state index contributed by atoms with van der Waals surface area (Å²) in [7, 11) is 0. The molecule has 2 nitrogen and oxygen atoms in total. The monoisotopic (exact) mass is 243 g/mol. The van der Waals surface area contributed by atoms with Crippen LogP contribution in [0.3, 0.4) is 0 Å². The lowest BCUT2D eigenvalue weighted by Crippen LogP contribution is -2.37. The van der Waals surface area contributed by atoms with Gasteiger partial charge < -0.3 is 10.1 Å². The molecule has 0 saturated carbocycles. The molecular formula is C15H33NO. The number of hydrogen-bond acceptors (Lipinski definition) is 2. The summed E-state index contributed by atoms with van der Waals surface area (Å²) < 4.78 is 5.43. The van der Waals surface area contributed by atoms with Gasteiger partial charge in [0, 0.05) is 19.8 Å². The zero-order valence-electron chi connectivity index (χ0n) is 12.8. The minimum Gasteiger partial charge on any atom is -0.382 e. The third kappa shape index (κ3) is 7.77. The van der Waals surface area contributed by atoms with E-state index in [1.807, 2.05) is 0 Å². The predicted octanol–water partition coefficient (Wildman–Crippen LogP) is 3.71. The van der Waals surface area contributed by atoms with Gasteiger partial charge in [0.1, 0.15) is 0 Å². The molecule has 0 heterocycles. The third-order valence-electron chi connectivity index (χ3n) is 3.72. The smallest absolute Gasteiger partial charge is 0.0466 e. The molecule has 0 aromatic carbocycles. The van der Waals surface area contributed by atoms with E-state index in [0.29, 0.717) is 11.3 Å². The van der Waals surface area contributed by atoms with Gasteiger partial charge in [0.25, 0.3) is 0 Å². The van der Waals surface area contributed by atoms with E-state index < -0.39 is 0 Å². The van der Waals surface area contributed by atoms with Crippen LogP contribution in [0.5, 0.6) is 0 Å². The fraction of sp³-hybridized carbons (Fsp3) is 1.00. The van der Waals surface area contributed by atoms with Gasteiger partial charge in [-0.3, -0.25) is 0 Å². The molecule has 2 heteroatoms. The van der Waals surface area contributed by atoms with E-state index in [9.17, 15) is 0 Å². The zero-order valence-corrected chi connectivity index (χ0v) is 12.8. The Labute approximate surface area is 109 Å². The Bertz CT molecular complexity index is 180. The van der Waals surface area contributed by atoms with E-state index in [1.165, 1.54) is 12.8 Å². The molecule has 1 N–H and O–H groups in total. The minimum absolute atomic E-state index is 0.395. The molecule has 0 fully saturated rings. The Morgan fingerprint density at radius 2 is 1.82 bits per heavy atom. The largest absolute Gasteiger partial charge is 0.382 e. The molecule has 1 unspecified atom stereocenters. The standard InChI is InChI=1S/C15H33NO/c1-7-17-10-8-9-15(6,14(4)5)12-16-11-13(2)3/h13-14,16H,7-12H2,1-6H3. The summed E-state index contributed by atoms with van der Waals surface area (Å²) in [5.41, 5.74) is 0.395.